The molecule has 0 saturated carbocycles. The lowest BCUT2D eigenvalue weighted by Crippen LogP contribution is -2.58. The molecule has 2 aliphatic rings. The Kier molecular flexibility index (Phi) is 5.49. The highest BCUT2D eigenvalue weighted by molar-refractivity contribution is 5.90. The molecule has 152 valence electrons. The van der Waals surface area contributed by atoms with Crippen LogP contribution in [-0.2, 0) is 31.1 Å². The molecule has 7 heteroatoms. The molecule has 1 aromatic carbocycles. The number of esters is 1. The first-order valence-electron chi connectivity index (χ1n) is 9.75. The minimum absolute atomic E-state index is 0.0443. The number of carbonyl (C=O) groups is 2. The quantitative estimate of drug-likeness (QED) is 0.741. The fraction of sp³-hybridized carbons (Fsp3) is 0.409. The number of benzene rings is 1. The predicted molar refractivity (Wildman–Crippen MR) is 104 cm³/mol. The van der Waals surface area contributed by atoms with Gasteiger partial charge in [-0.05, 0) is 25.0 Å². The molecule has 3 heterocycles. The fourth-order valence-electron chi connectivity index (χ4n) is 4.07. The third kappa shape index (κ3) is 3.46. The van der Waals surface area contributed by atoms with Gasteiger partial charge >= 0.3 is 5.97 Å². The third-order valence-corrected chi connectivity index (χ3v) is 5.70. The summed E-state index contributed by atoms with van der Waals surface area (Å²) in [5.74, 6) is -0.191. The van der Waals surface area contributed by atoms with Crippen molar-refractivity contribution in [1.82, 2.24) is 9.88 Å². The van der Waals surface area contributed by atoms with Crippen LogP contribution in [0.2, 0.25) is 0 Å². The summed E-state index contributed by atoms with van der Waals surface area (Å²) >= 11 is 0. The van der Waals surface area contributed by atoms with E-state index in [1.54, 1.807) is 29.4 Å². The highest BCUT2D eigenvalue weighted by Crippen LogP contribution is 2.39. The molecule has 1 amide bonds. The lowest BCUT2D eigenvalue weighted by Gasteiger charge is -2.41. The van der Waals surface area contributed by atoms with Crippen molar-refractivity contribution in [2.45, 2.75) is 24.9 Å². The van der Waals surface area contributed by atoms with Gasteiger partial charge in [0.1, 0.15) is 12.4 Å². The monoisotopic (exact) mass is 396 g/mol. The molecule has 2 aliphatic heterocycles. The molecule has 1 aromatic heterocycles. The summed E-state index contributed by atoms with van der Waals surface area (Å²) in [5.41, 5.74) is -0.000114. The summed E-state index contributed by atoms with van der Waals surface area (Å²) < 4.78 is 16.7. The number of ether oxygens (including phenoxy) is 3. The number of methoxy groups -OCH3 is 1. The molecule has 7 nitrogen and oxygen atoms in total. The highest BCUT2D eigenvalue weighted by atomic mass is 16.5. The van der Waals surface area contributed by atoms with E-state index < -0.39 is 11.5 Å². The Morgan fingerprint density at radius 1 is 1.17 bits per heavy atom. The zero-order chi connectivity index (χ0) is 20.3. The maximum absolute atomic E-state index is 13.7. The molecule has 0 unspecified atom stereocenters. The molecule has 0 bridgehead atoms. The van der Waals surface area contributed by atoms with Crippen molar-refractivity contribution in [3.05, 3.63) is 59.9 Å². The van der Waals surface area contributed by atoms with Gasteiger partial charge in [0.25, 0.3) is 0 Å². The van der Waals surface area contributed by atoms with Gasteiger partial charge < -0.3 is 19.1 Å². The molecule has 0 N–H and O–H groups in total. The van der Waals surface area contributed by atoms with E-state index in [1.165, 1.54) is 7.11 Å². The lowest BCUT2D eigenvalue weighted by molar-refractivity contribution is -0.169. The number of rotatable bonds is 3. The Bertz CT molecular complexity index is 882. The Balaban J connectivity index is 1.85. The largest absolute Gasteiger partial charge is 0.490 e. The van der Waals surface area contributed by atoms with Crippen LogP contribution in [0.1, 0.15) is 24.0 Å². The lowest BCUT2D eigenvalue weighted by atomic mass is 9.87. The van der Waals surface area contributed by atoms with Gasteiger partial charge in [-0.25, -0.2) is 4.79 Å². The van der Waals surface area contributed by atoms with Crippen LogP contribution in [0.5, 0.6) is 5.75 Å². The Hall–Kier alpha value is -2.93. The summed E-state index contributed by atoms with van der Waals surface area (Å²) in [6.45, 7) is 1.28. The van der Waals surface area contributed by atoms with Crippen LogP contribution < -0.4 is 4.74 Å². The van der Waals surface area contributed by atoms with Crippen LogP contribution >= 0.6 is 0 Å². The van der Waals surface area contributed by atoms with Crippen LogP contribution in [0.15, 0.2) is 48.8 Å². The number of nitrogens with zero attached hydrogens (tertiary/aromatic N) is 2. The molecule has 0 aliphatic carbocycles. The van der Waals surface area contributed by atoms with Crippen molar-refractivity contribution in [2.24, 2.45) is 5.92 Å². The van der Waals surface area contributed by atoms with Crippen molar-refractivity contribution >= 4 is 11.9 Å². The van der Waals surface area contributed by atoms with Crippen LogP contribution in [0.4, 0.5) is 0 Å². The standard InChI is InChI=1S/C22H24N2O5/c1-27-21(26)22(18-6-4-10-23-13-18)15-29-19-7-3-2-5-17(19)14-24(22)20(25)16-8-11-28-12-9-16/h2-7,10,13,16H,8-9,11-12,14-15H2,1H3/t22-/m1/s1. The second-order valence-corrected chi connectivity index (χ2v) is 7.30. The average Bonchev–Trinajstić information content (AvgIpc) is 2.97. The zero-order valence-corrected chi connectivity index (χ0v) is 16.4. The first kappa shape index (κ1) is 19.4. The molecular weight excluding hydrogens is 372 g/mol. The van der Waals surface area contributed by atoms with Gasteiger partial charge in [-0.2, -0.15) is 0 Å². The number of hydrogen-bond acceptors (Lipinski definition) is 6. The normalized spacial score (nSPS) is 22.2. The summed E-state index contributed by atoms with van der Waals surface area (Å²) in [7, 11) is 1.33. The van der Waals surface area contributed by atoms with Gasteiger partial charge in [0.2, 0.25) is 11.4 Å². The Labute approximate surface area is 169 Å². The van der Waals surface area contributed by atoms with Gasteiger partial charge in [0, 0.05) is 42.7 Å². The summed E-state index contributed by atoms with van der Waals surface area (Å²) in [4.78, 5) is 32.8. The molecule has 1 atom stereocenters. The number of fused-ring (bicyclic) bond motifs is 1. The molecular formula is C22H24N2O5. The number of aromatic nitrogens is 1. The maximum atomic E-state index is 13.7. The second-order valence-electron chi connectivity index (χ2n) is 7.30. The Morgan fingerprint density at radius 3 is 2.69 bits per heavy atom. The summed E-state index contributed by atoms with van der Waals surface area (Å²) in [6.07, 6.45) is 4.48. The van der Waals surface area contributed by atoms with E-state index in [9.17, 15) is 9.59 Å². The van der Waals surface area contributed by atoms with Crippen LogP contribution in [0.25, 0.3) is 0 Å². The molecule has 0 spiro atoms. The first-order chi connectivity index (χ1) is 14.2. The fourth-order valence-corrected chi connectivity index (χ4v) is 4.07. The summed E-state index contributed by atoms with van der Waals surface area (Å²) in [6, 6.07) is 11.1. The van der Waals surface area contributed by atoms with Crippen LogP contribution in [0, 0.1) is 5.92 Å². The summed E-state index contributed by atoms with van der Waals surface area (Å²) in [5, 5.41) is 0. The number of pyridine rings is 1. The van der Waals surface area contributed by atoms with Gasteiger partial charge in [0.15, 0.2) is 0 Å². The third-order valence-electron chi connectivity index (χ3n) is 5.70. The van der Waals surface area contributed by atoms with Crippen molar-refractivity contribution < 1.29 is 23.8 Å². The number of para-hydroxylation sites is 1. The van der Waals surface area contributed by atoms with Gasteiger partial charge in [-0.1, -0.05) is 24.3 Å². The number of amides is 1. The van der Waals surface area contributed by atoms with Crippen LogP contribution in [-0.4, -0.2) is 48.7 Å². The second kappa shape index (κ2) is 8.21. The van der Waals surface area contributed by atoms with E-state index in [1.807, 2.05) is 24.3 Å². The molecule has 1 saturated heterocycles. The van der Waals surface area contributed by atoms with E-state index in [0.29, 0.717) is 37.4 Å². The molecule has 0 radical (unpaired) electrons. The smallest absolute Gasteiger partial charge is 0.340 e. The van der Waals surface area contributed by atoms with Crippen molar-refractivity contribution in [2.75, 3.05) is 26.9 Å². The van der Waals surface area contributed by atoms with E-state index in [4.69, 9.17) is 14.2 Å². The molecule has 29 heavy (non-hydrogen) atoms. The minimum atomic E-state index is -1.42. The molecule has 2 aromatic rings. The van der Waals surface area contributed by atoms with Gasteiger partial charge in [-0.3, -0.25) is 9.78 Å². The van der Waals surface area contributed by atoms with Crippen LogP contribution in [0.3, 0.4) is 0 Å². The molecule has 4 rings (SSSR count). The number of carbonyl (C=O) groups excluding carboxylic acids is 2. The zero-order valence-electron chi connectivity index (χ0n) is 16.4. The molecule has 1 fully saturated rings. The SMILES string of the molecule is COC(=O)[C@]1(c2cccnc2)COc2ccccc2CN1C(=O)C1CCOCC1. The highest BCUT2D eigenvalue weighted by Gasteiger charge is 2.53. The topological polar surface area (TPSA) is 78.0 Å². The van der Waals surface area contributed by atoms with Crippen molar-refractivity contribution in [3.8, 4) is 5.75 Å². The van der Waals surface area contributed by atoms with Gasteiger partial charge in [-0.15, -0.1) is 0 Å². The Morgan fingerprint density at radius 2 is 1.97 bits per heavy atom. The van der Waals surface area contributed by atoms with E-state index in [0.717, 1.165) is 5.56 Å². The average molecular weight is 396 g/mol. The predicted octanol–water partition coefficient (Wildman–Crippen LogP) is 2.30. The van der Waals surface area contributed by atoms with Gasteiger partial charge in [0.05, 0.1) is 13.7 Å². The van der Waals surface area contributed by atoms with Crippen molar-refractivity contribution in [3.63, 3.8) is 0 Å². The van der Waals surface area contributed by atoms with E-state index in [-0.39, 0.29) is 25.0 Å². The van der Waals surface area contributed by atoms with Crippen molar-refractivity contribution in [1.29, 1.82) is 0 Å². The van der Waals surface area contributed by atoms with E-state index in [2.05, 4.69) is 4.98 Å². The van der Waals surface area contributed by atoms with E-state index >= 15 is 0 Å². The number of hydrogen-bond donors (Lipinski definition) is 0. The maximum Gasteiger partial charge on any atom is 0.340 e. The first-order valence-corrected chi connectivity index (χ1v) is 9.75. The minimum Gasteiger partial charge on any atom is -0.490 e.